The lowest BCUT2D eigenvalue weighted by atomic mass is 9.99. The third kappa shape index (κ3) is 49.7. The van der Waals surface area contributed by atoms with Crippen molar-refractivity contribution in [1.82, 2.24) is 0 Å². The van der Waals surface area contributed by atoms with Gasteiger partial charge in [-0.25, -0.2) is 0 Å². The monoisotopic (exact) mass is 891 g/mol. The molecule has 0 aromatic rings. The van der Waals surface area contributed by atoms with Crippen molar-refractivity contribution < 1.29 is 28.6 Å². The lowest BCUT2D eigenvalue weighted by Crippen LogP contribution is -2.30. The zero-order chi connectivity index (χ0) is 46.1. The summed E-state index contributed by atoms with van der Waals surface area (Å²) in [7, 11) is 0. The molecule has 0 aliphatic carbocycles. The number of carbonyl (C=O) groups is 3. The quantitative estimate of drug-likeness (QED) is 0.0344. The molecule has 0 spiro atoms. The van der Waals surface area contributed by atoms with E-state index in [1.165, 1.54) is 205 Å². The van der Waals surface area contributed by atoms with E-state index in [1.807, 2.05) is 0 Å². The zero-order valence-corrected chi connectivity index (χ0v) is 43.2. The van der Waals surface area contributed by atoms with Crippen LogP contribution in [0.15, 0.2) is 0 Å². The number of carbonyl (C=O) groups excluding carboxylic acids is 3. The summed E-state index contributed by atoms with van der Waals surface area (Å²) < 4.78 is 16.9. The molecule has 0 N–H and O–H groups in total. The molecule has 0 amide bonds. The highest BCUT2D eigenvalue weighted by atomic mass is 16.6. The fraction of sp³-hybridized carbons (Fsp3) is 0.947. The molecule has 0 rings (SSSR count). The molecule has 1 unspecified atom stereocenters. The Labute approximate surface area is 393 Å². The van der Waals surface area contributed by atoms with E-state index in [4.69, 9.17) is 14.2 Å². The lowest BCUT2D eigenvalue weighted by molar-refractivity contribution is -0.167. The smallest absolute Gasteiger partial charge is 0.306 e. The molecule has 6 nitrogen and oxygen atoms in total. The molecular weight excluding hydrogens is 781 g/mol. The van der Waals surface area contributed by atoms with Crippen LogP contribution < -0.4 is 0 Å². The van der Waals surface area contributed by atoms with Gasteiger partial charge in [0.1, 0.15) is 13.2 Å². The van der Waals surface area contributed by atoms with Gasteiger partial charge in [-0.05, 0) is 31.1 Å². The van der Waals surface area contributed by atoms with Crippen LogP contribution in [-0.2, 0) is 28.6 Å². The topological polar surface area (TPSA) is 78.9 Å². The first kappa shape index (κ1) is 61.4. The Morgan fingerprint density at radius 2 is 0.603 bits per heavy atom. The van der Waals surface area contributed by atoms with Gasteiger partial charge in [0.05, 0.1) is 0 Å². The van der Waals surface area contributed by atoms with Gasteiger partial charge in [0.15, 0.2) is 6.10 Å². The molecule has 0 saturated heterocycles. The first-order valence-corrected chi connectivity index (χ1v) is 28.3. The van der Waals surface area contributed by atoms with E-state index in [0.717, 1.165) is 69.6 Å². The van der Waals surface area contributed by atoms with Crippen molar-refractivity contribution in [3.63, 3.8) is 0 Å². The van der Waals surface area contributed by atoms with Crippen molar-refractivity contribution in [3.8, 4) is 0 Å². The molecule has 0 heterocycles. The van der Waals surface area contributed by atoms with E-state index in [1.54, 1.807) is 0 Å². The molecule has 0 bridgehead atoms. The highest BCUT2D eigenvalue weighted by Gasteiger charge is 2.19. The summed E-state index contributed by atoms with van der Waals surface area (Å²) >= 11 is 0. The van der Waals surface area contributed by atoms with Crippen molar-refractivity contribution in [3.05, 3.63) is 0 Å². The van der Waals surface area contributed by atoms with E-state index >= 15 is 0 Å². The normalized spacial score (nSPS) is 12.5. The molecule has 0 saturated carbocycles. The molecule has 0 aliphatic rings. The average molecular weight is 892 g/mol. The third-order valence-electron chi connectivity index (χ3n) is 13.3. The molecule has 0 aliphatic heterocycles. The van der Waals surface area contributed by atoms with Crippen LogP contribution in [-0.4, -0.2) is 37.2 Å². The molecule has 2 atom stereocenters. The molecular formula is C57H110O6. The maximum atomic E-state index is 12.8. The molecule has 0 aromatic heterocycles. The zero-order valence-electron chi connectivity index (χ0n) is 43.2. The number of rotatable bonds is 51. The largest absolute Gasteiger partial charge is 0.462 e. The molecule has 0 aromatic carbocycles. The van der Waals surface area contributed by atoms with Crippen LogP contribution in [0.4, 0.5) is 0 Å². The average Bonchev–Trinajstić information content (AvgIpc) is 3.27. The fourth-order valence-electron chi connectivity index (χ4n) is 8.66. The van der Waals surface area contributed by atoms with Crippen molar-refractivity contribution >= 4 is 17.9 Å². The molecule has 0 fully saturated rings. The van der Waals surface area contributed by atoms with Gasteiger partial charge in [-0.1, -0.05) is 279 Å². The Balaban J connectivity index is 4.27. The number of esters is 3. The van der Waals surface area contributed by atoms with Gasteiger partial charge >= 0.3 is 17.9 Å². The predicted molar refractivity (Wildman–Crippen MR) is 270 cm³/mol. The van der Waals surface area contributed by atoms with Gasteiger partial charge in [-0.3, -0.25) is 14.4 Å². The number of hydrogen-bond donors (Lipinski definition) is 0. The first-order chi connectivity index (χ1) is 30.8. The first-order valence-electron chi connectivity index (χ1n) is 28.3. The summed E-state index contributed by atoms with van der Waals surface area (Å²) in [5.41, 5.74) is 0. The summed E-state index contributed by atoms with van der Waals surface area (Å²) in [4.78, 5) is 38.1. The second-order valence-corrected chi connectivity index (χ2v) is 20.3. The lowest BCUT2D eigenvalue weighted by Gasteiger charge is -2.18. The molecule has 374 valence electrons. The molecule has 6 heteroatoms. The maximum Gasteiger partial charge on any atom is 0.306 e. The van der Waals surface area contributed by atoms with Gasteiger partial charge in [-0.15, -0.1) is 0 Å². The van der Waals surface area contributed by atoms with Crippen LogP contribution in [0.2, 0.25) is 0 Å². The molecule has 63 heavy (non-hydrogen) atoms. The third-order valence-corrected chi connectivity index (χ3v) is 13.3. The summed E-state index contributed by atoms with van der Waals surface area (Å²) in [5.74, 6) is 0.849. The summed E-state index contributed by atoms with van der Waals surface area (Å²) in [6.07, 6.45) is 52.3. The second kappa shape index (κ2) is 49.8. The summed E-state index contributed by atoms with van der Waals surface area (Å²) in [5, 5.41) is 0. The minimum Gasteiger partial charge on any atom is -0.462 e. The van der Waals surface area contributed by atoms with Crippen LogP contribution in [0.25, 0.3) is 0 Å². The number of hydrogen-bond acceptors (Lipinski definition) is 6. The summed E-state index contributed by atoms with van der Waals surface area (Å²) in [6.45, 7) is 11.4. The fourth-order valence-corrected chi connectivity index (χ4v) is 8.66. The van der Waals surface area contributed by atoms with E-state index < -0.39 is 6.10 Å². The van der Waals surface area contributed by atoms with Gasteiger partial charge in [0, 0.05) is 19.3 Å². The predicted octanol–water partition coefficient (Wildman–Crippen LogP) is 18.5. The highest BCUT2D eigenvalue weighted by molar-refractivity contribution is 5.71. The van der Waals surface area contributed by atoms with Gasteiger partial charge in [-0.2, -0.15) is 0 Å². The van der Waals surface area contributed by atoms with Crippen LogP contribution >= 0.6 is 0 Å². The number of ether oxygens (including phenoxy) is 3. The van der Waals surface area contributed by atoms with E-state index in [0.29, 0.717) is 19.3 Å². The van der Waals surface area contributed by atoms with E-state index in [2.05, 4.69) is 34.6 Å². The minimum atomic E-state index is -0.762. The van der Waals surface area contributed by atoms with Crippen molar-refractivity contribution in [2.75, 3.05) is 13.2 Å². The van der Waals surface area contributed by atoms with Crippen LogP contribution in [0.3, 0.4) is 0 Å². The SMILES string of the molecule is CCCCCCCCCCCCCCCCCCC(=O)O[C@@H](COC(=O)CCCCCCCCCCCCCCCCC(C)CC)COC(=O)CCCCCCCCCCC(C)C. The minimum absolute atomic E-state index is 0.0633. The highest BCUT2D eigenvalue weighted by Crippen LogP contribution is 2.18. The van der Waals surface area contributed by atoms with Crippen LogP contribution in [0, 0.1) is 11.8 Å². The second-order valence-electron chi connectivity index (χ2n) is 20.3. The maximum absolute atomic E-state index is 12.8. The summed E-state index contributed by atoms with van der Waals surface area (Å²) in [6, 6.07) is 0. The molecule has 0 radical (unpaired) electrons. The van der Waals surface area contributed by atoms with Crippen LogP contribution in [0.5, 0.6) is 0 Å². The Morgan fingerprint density at radius 3 is 0.905 bits per heavy atom. The van der Waals surface area contributed by atoms with Crippen LogP contribution in [0.1, 0.15) is 317 Å². The Hall–Kier alpha value is -1.59. The van der Waals surface area contributed by atoms with E-state index in [9.17, 15) is 14.4 Å². The van der Waals surface area contributed by atoms with Crippen molar-refractivity contribution in [1.29, 1.82) is 0 Å². The van der Waals surface area contributed by atoms with E-state index in [-0.39, 0.29) is 31.1 Å². The van der Waals surface area contributed by atoms with Gasteiger partial charge in [0.2, 0.25) is 0 Å². The van der Waals surface area contributed by atoms with Gasteiger partial charge in [0.25, 0.3) is 0 Å². The Kier molecular flexibility index (Phi) is 48.6. The Morgan fingerprint density at radius 1 is 0.333 bits per heavy atom. The standard InChI is InChI=1S/C57H110O6/c1-6-8-9-10-11-12-13-14-15-16-21-24-27-34-39-44-49-57(60)63-54(51-62-56(59)48-43-38-33-29-28-30-35-40-45-52(3)4)50-61-55(58)47-42-37-32-26-23-20-18-17-19-22-25-31-36-41-46-53(5)7-2/h52-54H,6-51H2,1-5H3/t53?,54-/m0/s1. The number of unbranched alkanes of at least 4 members (excludes halogenated alkanes) is 35. The van der Waals surface area contributed by atoms with Crippen molar-refractivity contribution in [2.24, 2.45) is 11.8 Å². The van der Waals surface area contributed by atoms with Crippen molar-refractivity contribution in [2.45, 2.75) is 323 Å². The van der Waals surface area contributed by atoms with Gasteiger partial charge < -0.3 is 14.2 Å². The Bertz CT molecular complexity index is 964.